The normalized spacial score (nSPS) is 19.5. The van der Waals surface area contributed by atoms with Gasteiger partial charge in [-0.25, -0.2) is 4.68 Å². The number of aliphatic hydroxyl groups excluding tert-OH is 1. The highest BCUT2D eigenvalue weighted by atomic mass is 32.1. The van der Waals surface area contributed by atoms with Crippen LogP contribution in [0.15, 0.2) is 18.2 Å². The lowest BCUT2D eigenvalue weighted by molar-refractivity contribution is 0.0509. The van der Waals surface area contributed by atoms with Gasteiger partial charge in [-0.15, -0.1) is 0 Å². The van der Waals surface area contributed by atoms with Gasteiger partial charge in [0.2, 0.25) is 4.77 Å². The SMILES string of the molecule is Cc1ccc(-n2nnn(CN3CCC[C@@H](O)C3)c2=S)cc1C. The molecule has 0 aliphatic carbocycles. The van der Waals surface area contributed by atoms with Crippen LogP contribution < -0.4 is 0 Å². The van der Waals surface area contributed by atoms with Gasteiger partial charge in [0.1, 0.15) is 0 Å². The van der Waals surface area contributed by atoms with Gasteiger partial charge in [0.25, 0.3) is 0 Å². The third kappa shape index (κ3) is 3.11. The molecule has 0 saturated carbocycles. The van der Waals surface area contributed by atoms with Gasteiger partial charge in [-0.2, -0.15) is 4.68 Å². The lowest BCUT2D eigenvalue weighted by Crippen LogP contribution is -2.39. The maximum Gasteiger partial charge on any atom is 0.221 e. The number of likely N-dealkylation sites (tertiary alicyclic amines) is 1. The molecular formula is C15H21N5OS. The Balaban J connectivity index is 1.82. The van der Waals surface area contributed by atoms with Crippen molar-refractivity contribution in [2.75, 3.05) is 13.1 Å². The molecule has 1 aliphatic heterocycles. The fraction of sp³-hybridized carbons (Fsp3) is 0.533. The molecule has 1 aromatic carbocycles. The average Bonchev–Trinajstić information content (AvgIpc) is 2.83. The van der Waals surface area contributed by atoms with E-state index in [9.17, 15) is 5.11 Å². The quantitative estimate of drug-likeness (QED) is 0.875. The Kier molecular flexibility index (Phi) is 4.37. The number of rotatable bonds is 3. The van der Waals surface area contributed by atoms with Crippen LogP contribution in [0.5, 0.6) is 0 Å². The Morgan fingerprint density at radius 1 is 1.27 bits per heavy atom. The monoisotopic (exact) mass is 319 g/mol. The van der Waals surface area contributed by atoms with Crippen LogP contribution in [-0.2, 0) is 6.67 Å². The van der Waals surface area contributed by atoms with Gasteiger partial charge in [0.15, 0.2) is 0 Å². The number of tetrazole rings is 1. The molecule has 0 unspecified atom stereocenters. The second-order valence-corrected chi connectivity index (χ2v) is 6.32. The molecule has 0 radical (unpaired) electrons. The van der Waals surface area contributed by atoms with Crippen molar-refractivity contribution >= 4 is 12.2 Å². The van der Waals surface area contributed by atoms with Crippen LogP contribution >= 0.6 is 12.2 Å². The summed E-state index contributed by atoms with van der Waals surface area (Å²) in [6.07, 6.45) is 1.62. The number of benzene rings is 1. The third-order valence-corrected chi connectivity index (χ3v) is 4.57. The molecule has 22 heavy (non-hydrogen) atoms. The first-order valence-corrected chi connectivity index (χ1v) is 7.96. The first kappa shape index (κ1) is 15.3. The molecule has 1 saturated heterocycles. The van der Waals surface area contributed by atoms with Gasteiger partial charge in [0.05, 0.1) is 18.5 Å². The highest BCUT2D eigenvalue weighted by molar-refractivity contribution is 7.71. The van der Waals surface area contributed by atoms with Crippen molar-refractivity contribution in [2.24, 2.45) is 0 Å². The van der Waals surface area contributed by atoms with Crippen molar-refractivity contribution in [3.8, 4) is 5.69 Å². The number of piperidine rings is 1. The second kappa shape index (κ2) is 6.28. The van der Waals surface area contributed by atoms with Gasteiger partial charge in [0, 0.05) is 13.1 Å². The van der Waals surface area contributed by atoms with E-state index in [1.807, 2.05) is 6.07 Å². The molecule has 1 atom stereocenters. The van der Waals surface area contributed by atoms with Crippen molar-refractivity contribution < 1.29 is 5.11 Å². The summed E-state index contributed by atoms with van der Waals surface area (Å²) >= 11 is 5.49. The first-order chi connectivity index (χ1) is 10.5. The smallest absolute Gasteiger partial charge is 0.221 e. The summed E-state index contributed by atoms with van der Waals surface area (Å²) in [5.74, 6) is 0. The fourth-order valence-electron chi connectivity index (χ4n) is 2.73. The molecule has 2 heterocycles. The predicted molar refractivity (Wildman–Crippen MR) is 86.5 cm³/mol. The van der Waals surface area contributed by atoms with Crippen molar-refractivity contribution in [3.05, 3.63) is 34.1 Å². The number of aliphatic hydroxyl groups is 1. The summed E-state index contributed by atoms with van der Waals surface area (Å²) < 4.78 is 3.97. The van der Waals surface area contributed by atoms with Gasteiger partial charge >= 0.3 is 0 Å². The minimum Gasteiger partial charge on any atom is -0.392 e. The number of aryl methyl sites for hydroxylation is 2. The lowest BCUT2D eigenvalue weighted by atomic mass is 10.1. The first-order valence-electron chi connectivity index (χ1n) is 7.55. The van der Waals surface area contributed by atoms with E-state index in [0.717, 1.165) is 25.1 Å². The van der Waals surface area contributed by atoms with Crippen LogP contribution in [0.1, 0.15) is 24.0 Å². The summed E-state index contributed by atoms with van der Waals surface area (Å²) in [4.78, 5) is 2.16. The summed E-state index contributed by atoms with van der Waals surface area (Å²) in [6.45, 7) is 6.34. The largest absolute Gasteiger partial charge is 0.392 e. The molecule has 118 valence electrons. The van der Waals surface area contributed by atoms with E-state index in [4.69, 9.17) is 12.2 Å². The van der Waals surface area contributed by atoms with Gasteiger partial charge in [-0.3, -0.25) is 4.90 Å². The molecule has 1 aromatic heterocycles. The van der Waals surface area contributed by atoms with Crippen LogP contribution in [0.4, 0.5) is 0 Å². The summed E-state index contributed by atoms with van der Waals surface area (Å²) in [5.41, 5.74) is 3.37. The highest BCUT2D eigenvalue weighted by Gasteiger charge is 2.19. The molecule has 0 amide bonds. The molecule has 2 aromatic rings. The summed E-state index contributed by atoms with van der Waals surface area (Å²) in [5, 5.41) is 18.1. The van der Waals surface area contributed by atoms with E-state index in [2.05, 4.69) is 41.3 Å². The maximum absolute atomic E-state index is 9.75. The standard InChI is InChI=1S/C15H21N5OS/c1-11-5-6-13(8-12(11)2)20-15(22)19(16-17-20)10-18-7-3-4-14(21)9-18/h5-6,8,14,21H,3-4,7,9-10H2,1-2H3/t14-/m1/s1. The average molecular weight is 319 g/mol. The van der Waals surface area contributed by atoms with Crippen molar-refractivity contribution in [1.82, 2.24) is 24.7 Å². The molecule has 1 fully saturated rings. The van der Waals surface area contributed by atoms with Gasteiger partial charge in [-0.05, 0) is 72.6 Å². The van der Waals surface area contributed by atoms with Crippen molar-refractivity contribution in [2.45, 2.75) is 39.5 Å². The second-order valence-electron chi connectivity index (χ2n) is 5.96. The maximum atomic E-state index is 9.75. The Hall–Kier alpha value is -1.57. The van der Waals surface area contributed by atoms with E-state index in [0.29, 0.717) is 18.0 Å². The Morgan fingerprint density at radius 2 is 2.09 bits per heavy atom. The molecule has 7 heteroatoms. The number of hydrogen-bond acceptors (Lipinski definition) is 5. The topological polar surface area (TPSA) is 59.1 Å². The molecule has 1 aliphatic rings. The number of aromatic nitrogens is 4. The zero-order valence-electron chi connectivity index (χ0n) is 12.9. The molecule has 1 N–H and O–H groups in total. The molecule has 3 rings (SSSR count). The summed E-state index contributed by atoms with van der Waals surface area (Å²) in [6, 6.07) is 6.13. The van der Waals surface area contributed by atoms with Crippen LogP contribution in [-0.4, -0.2) is 49.0 Å². The van der Waals surface area contributed by atoms with E-state index < -0.39 is 0 Å². The number of hydrogen-bond donors (Lipinski definition) is 1. The fourth-order valence-corrected chi connectivity index (χ4v) is 2.97. The lowest BCUT2D eigenvalue weighted by Gasteiger charge is -2.29. The van der Waals surface area contributed by atoms with Crippen molar-refractivity contribution in [1.29, 1.82) is 0 Å². The molecule has 6 nitrogen and oxygen atoms in total. The number of nitrogens with zero attached hydrogens (tertiary/aromatic N) is 5. The zero-order chi connectivity index (χ0) is 15.7. The Morgan fingerprint density at radius 3 is 2.82 bits per heavy atom. The predicted octanol–water partition coefficient (Wildman–Crippen LogP) is 1.83. The van der Waals surface area contributed by atoms with E-state index >= 15 is 0 Å². The molecule has 0 bridgehead atoms. The van der Waals surface area contributed by atoms with E-state index in [1.54, 1.807) is 9.36 Å². The third-order valence-electron chi connectivity index (χ3n) is 4.19. The Bertz CT molecular complexity index is 723. The van der Waals surface area contributed by atoms with Crippen LogP contribution in [0.3, 0.4) is 0 Å². The Labute approximate surface area is 135 Å². The van der Waals surface area contributed by atoms with E-state index in [1.165, 1.54) is 11.1 Å². The molecular weight excluding hydrogens is 298 g/mol. The molecule has 0 spiro atoms. The van der Waals surface area contributed by atoms with Crippen LogP contribution in [0.2, 0.25) is 0 Å². The van der Waals surface area contributed by atoms with Gasteiger partial charge in [-0.1, -0.05) is 6.07 Å². The van der Waals surface area contributed by atoms with Crippen molar-refractivity contribution in [3.63, 3.8) is 0 Å². The minimum atomic E-state index is -0.252. The summed E-state index contributed by atoms with van der Waals surface area (Å²) in [7, 11) is 0. The van der Waals surface area contributed by atoms with Gasteiger partial charge < -0.3 is 5.11 Å². The van der Waals surface area contributed by atoms with E-state index in [-0.39, 0.29) is 6.10 Å². The zero-order valence-corrected chi connectivity index (χ0v) is 13.8. The minimum absolute atomic E-state index is 0.252. The van der Waals surface area contributed by atoms with Crippen LogP contribution in [0.25, 0.3) is 5.69 Å². The number of β-amino-alcohol motifs (C(OH)–C–C–N with tert-alkyl or cyclic N) is 1. The highest BCUT2D eigenvalue weighted by Crippen LogP contribution is 2.14. The van der Waals surface area contributed by atoms with Crippen LogP contribution in [0, 0.1) is 18.6 Å².